The van der Waals surface area contributed by atoms with Gasteiger partial charge in [0.25, 0.3) is 0 Å². The van der Waals surface area contributed by atoms with Crippen LogP contribution in [0.4, 0.5) is 5.82 Å². The van der Waals surface area contributed by atoms with Crippen LogP contribution in [0.15, 0.2) is 18.2 Å². The first-order valence-corrected chi connectivity index (χ1v) is 5.96. The molecular weight excluding hydrogens is 220 g/mol. The topological polar surface area (TPSA) is 63.8 Å². The van der Waals surface area contributed by atoms with Crippen LogP contribution in [-0.4, -0.2) is 9.97 Å². The van der Waals surface area contributed by atoms with E-state index < -0.39 is 0 Å². The van der Waals surface area contributed by atoms with Crippen molar-refractivity contribution >= 4 is 17.2 Å². The fraction of sp³-hybridized carbons (Fsp3) is 0.273. The Labute approximate surface area is 98.5 Å². The summed E-state index contributed by atoms with van der Waals surface area (Å²) in [5, 5.41) is 0. The van der Waals surface area contributed by atoms with E-state index >= 15 is 0 Å². The minimum Gasteiger partial charge on any atom is -0.308 e. The van der Waals surface area contributed by atoms with E-state index in [0.29, 0.717) is 5.82 Å². The predicted octanol–water partition coefficient (Wildman–Crippen LogP) is 2.36. The zero-order valence-electron chi connectivity index (χ0n) is 9.32. The zero-order valence-corrected chi connectivity index (χ0v) is 10.1. The largest absolute Gasteiger partial charge is 0.308 e. The molecule has 0 radical (unpaired) electrons. The Hall–Kier alpha value is -1.46. The number of rotatable bonds is 3. The third-order valence-corrected chi connectivity index (χ3v) is 3.46. The maximum atomic E-state index is 5.36. The molecule has 5 heteroatoms. The molecule has 0 saturated carbocycles. The van der Waals surface area contributed by atoms with Crippen LogP contribution < -0.4 is 11.3 Å². The number of anilines is 1. The minimum absolute atomic E-state index is 0.647. The first-order valence-electron chi connectivity index (χ1n) is 5.14. The molecule has 2 aromatic rings. The molecule has 0 bridgehead atoms. The van der Waals surface area contributed by atoms with Gasteiger partial charge in [0, 0.05) is 16.6 Å². The number of aryl methyl sites for hydroxylation is 2. The van der Waals surface area contributed by atoms with Crippen molar-refractivity contribution in [1.82, 2.24) is 9.97 Å². The highest BCUT2D eigenvalue weighted by Crippen LogP contribution is 2.26. The van der Waals surface area contributed by atoms with E-state index in [4.69, 9.17) is 5.84 Å². The molecule has 0 atom stereocenters. The second kappa shape index (κ2) is 4.59. The lowest BCUT2D eigenvalue weighted by Crippen LogP contribution is -2.09. The van der Waals surface area contributed by atoms with Gasteiger partial charge in [0.15, 0.2) is 5.82 Å². The van der Waals surface area contributed by atoms with Crippen LogP contribution in [0.3, 0.4) is 0 Å². The maximum absolute atomic E-state index is 5.36. The Morgan fingerprint density at radius 1 is 1.38 bits per heavy atom. The number of thiophene rings is 1. The van der Waals surface area contributed by atoms with Gasteiger partial charge in [-0.1, -0.05) is 6.92 Å². The third kappa shape index (κ3) is 2.20. The van der Waals surface area contributed by atoms with Crippen molar-refractivity contribution in [2.45, 2.75) is 20.3 Å². The Morgan fingerprint density at radius 2 is 2.19 bits per heavy atom. The van der Waals surface area contributed by atoms with Crippen molar-refractivity contribution < 1.29 is 0 Å². The van der Waals surface area contributed by atoms with E-state index in [1.807, 2.05) is 13.0 Å². The first kappa shape index (κ1) is 11.0. The fourth-order valence-electron chi connectivity index (χ4n) is 1.44. The van der Waals surface area contributed by atoms with E-state index in [1.165, 1.54) is 4.88 Å². The van der Waals surface area contributed by atoms with Gasteiger partial charge in [-0.05, 0) is 25.5 Å². The molecule has 0 spiro atoms. The van der Waals surface area contributed by atoms with Gasteiger partial charge in [-0.15, -0.1) is 11.3 Å². The van der Waals surface area contributed by atoms with Crippen LogP contribution in [0, 0.1) is 6.92 Å². The molecule has 2 rings (SSSR count). The van der Waals surface area contributed by atoms with E-state index in [9.17, 15) is 0 Å². The standard InChI is InChI=1S/C11H14N4S/c1-3-8-4-5-9(16-8)11-13-7(2)6-10(14-11)15-12/h4-6H,3,12H2,1-2H3,(H,13,14,15). The van der Waals surface area contributed by atoms with Gasteiger partial charge in [-0.2, -0.15) is 0 Å². The van der Waals surface area contributed by atoms with Crippen molar-refractivity contribution in [2.24, 2.45) is 5.84 Å². The van der Waals surface area contributed by atoms with Crippen LogP contribution in [0.5, 0.6) is 0 Å². The fourth-order valence-corrected chi connectivity index (χ4v) is 2.32. The number of nitrogens with zero attached hydrogens (tertiary/aromatic N) is 2. The van der Waals surface area contributed by atoms with Gasteiger partial charge in [-0.25, -0.2) is 15.8 Å². The molecule has 0 unspecified atom stereocenters. The van der Waals surface area contributed by atoms with E-state index in [2.05, 4.69) is 34.5 Å². The molecule has 84 valence electrons. The summed E-state index contributed by atoms with van der Waals surface area (Å²) in [5.41, 5.74) is 3.46. The number of nitrogen functional groups attached to an aromatic ring is 1. The molecule has 3 N–H and O–H groups in total. The Bertz CT molecular complexity index is 492. The average molecular weight is 234 g/mol. The van der Waals surface area contributed by atoms with Gasteiger partial charge in [0.1, 0.15) is 5.82 Å². The van der Waals surface area contributed by atoms with Crippen LogP contribution in [0.2, 0.25) is 0 Å². The van der Waals surface area contributed by atoms with E-state index in [0.717, 1.165) is 22.8 Å². The van der Waals surface area contributed by atoms with Crippen LogP contribution >= 0.6 is 11.3 Å². The van der Waals surface area contributed by atoms with Gasteiger partial charge < -0.3 is 5.43 Å². The second-order valence-electron chi connectivity index (χ2n) is 3.48. The summed E-state index contributed by atoms with van der Waals surface area (Å²) >= 11 is 1.72. The Morgan fingerprint density at radius 3 is 2.81 bits per heavy atom. The summed E-state index contributed by atoms with van der Waals surface area (Å²) < 4.78 is 0. The third-order valence-electron chi connectivity index (χ3n) is 2.23. The SMILES string of the molecule is CCc1ccc(-c2nc(C)cc(NN)n2)s1. The van der Waals surface area contributed by atoms with Crippen LogP contribution in [0.1, 0.15) is 17.5 Å². The number of hydrogen-bond acceptors (Lipinski definition) is 5. The number of hydrazine groups is 1. The highest BCUT2D eigenvalue weighted by atomic mass is 32.1. The smallest absolute Gasteiger partial charge is 0.171 e. The molecule has 4 nitrogen and oxygen atoms in total. The maximum Gasteiger partial charge on any atom is 0.171 e. The number of hydrogen-bond donors (Lipinski definition) is 2. The highest BCUT2D eigenvalue weighted by molar-refractivity contribution is 7.15. The molecule has 2 aromatic heterocycles. The molecular formula is C11H14N4S. The molecule has 0 aliphatic heterocycles. The Kier molecular flexibility index (Phi) is 3.17. The quantitative estimate of drug-likeness (QED) is 0.632. The molecule has 0 aromatic carbocycles. The summed E-state index contributed by atoms with van der Waals surface area (Å²) in [4.78, 5) is 11.2. The average Bonchev–Trinajstić information content (AvgIpc) is 2.76. The van der Waals surface area contributed by atoms with E-state index in [1.54, 1.807) is 11.3 Å². The lowest BCUT2D eigenvalue weighted by molar-refractivity contribution is 1.10. The molecule has 0 aliphatic rings. The van der Waals surface area contributed by atoms with Crippen LogP contribution in [-0.2, 0) is 6.42 Å². The summed E-state index contributed by atoms with van der Waals surface area (Å²) in [6.45, 7) is 4.07. The normalized spacial score (nSPS) is 10.4. The number of nitrogens with one attached hydrogen (secondary N) is 1. The lowest BCUT2D eigenvalue weighted by atomic mass is 10.3. The molecule has 0 saturated heterocycles. The predicted molar refractivity (Wildman–Crippen MR) is 67.3 cm³/mol. The molecule has 2 heterocycles. The molecule has 16 heavy (non-hydrogen) atoms. The number of aromatic nitrogens is 2. The zero-order chi connectivity index (χ0) is 11.5. The van der Waals surface area contributed by atoms with Gasteiger partial charge >= 0.3 is 0 Å². The van der Waals surface area contributed by atoms with Crippen molar-refractivity contribution in [3.8, 4) is 10.7 Å². The summed E-state index contributed by atoms with van der Waals surface area (Å²) in [6, 6.07) is 5.98. The van der Waals surface area contributed by atoms with E-state index in [-0.39, 0.29) is 0 Å². The van der Waals surface area contributed by atoms with Crippen molar-refractivity contribution in [3.63, 3.8) is 0 Å². The molecule has 0 fully saturated rings. The van der Waals surface area contributed by atoms with Gasteiger partial charge in [-0.3, -0.25) is 0 Å². The van der Waals surface area contributed by atoms with Crippen molar-refractivity contribution in [3.05, 3.63) is 28.8 Å². The van der Waals surface area contributed by atoms with Crippen molar-refractivity contribution in [2.75, 3.05) is 5.43 Å². The second-order valence-corrected chi connectivity index (χ2v) is 4.65. The first-order chi connectivity index (χ1) is 7.72. The summed E-state index contributed by atoms with van der Waals surface area (Å²) in [5.74, 6) is 6.74. The number of nitrogens with two attached hydrogens (primary N) is 1. The molecule has 0 amide bonds. The molecule has 0 aliphatic carbocycles. The van der Waals surface area contributed by atoms with Crippen molar-refractivity contribution in [1.29, 1.82) is 0 Å². The Balaban J connectivity index is 2.42. The lowest BCUT2D eigenvalue weighted by Gasteiger charge is -2.03. The summed E-state index contributed by atoms with van der Waals surface area (Å²) in [6.07, 6.45) is 1.04. The van der Waals surface area contributed by atoms with Crippen LogP contribution in [0.25, 0.3) is 10.7 Å². The highest BCUT2D eigenvalue weighted by Gasteiger charge is 2.07. The van der Waals surface area contributed by atoms with Gasteiger partial charge in [0.05, 0.1) is 4.88 Å². The monoisotopic (exact) mass is 234 g/mol. The minimum atomic E-state index is 0.647. The van der Waals surface area contributed by atoms with Gasteiger partial charge in [0.2, 0.25) is 0 Å². The summed E-state index contributed by atoms with van der Waals surface area (Å²) in [7, 11) is 0.